The Morgan fingerprint density at radius 2 is 2.12 bits per heavy atom. The highest BCUT2D eigenvalue weighted by Gasteiger charge is 2.29. The molecule has 2 rings (SSSR count). The molecule has 0 aromatic heterocycles. The summed E-state index contributed by atoms with van der Waals surface area (Å²) in [5, 5.41) is 3.59. The van der Waals surface area contributed by atoms with Gasteiger partial charge in [-0.3, -0.25) is 9.59 Å². The third kappa shape index (κ3) is 5.80. The first-order chi connectivity index (χ1) is 11.6. The van der Waals surface area contributed by atoms with Gasteiger partial charge < -0.3 is 15.0 Å². The smallest absolute Gasteiger partial charge is 0.224 e. The normalized spacial score (nSPS) is 17.8. The quantitative estimate of drug-likeness (QED) is 0.730. The number of hydrogen-bond acceptors (Lipinski definition) is 3. The van der Waals surface area contributed by atoms with Gasteiger partial charge in [-0.25, -0.2) is 0 Å². The molecule has 1 N–H and O–H groups in total. The predicted octanol–water partition coefficient (Wildman–Crippen LogP) is 2.27. The van der Waals surface area contributed by atoms with Crippen molar-refractivity contribution in [1.82, 2.24) is 10.2 Å². The summed E-state index contributed by atoms with van der Waals surface area (Å²) in [5.41, 5.74) is 1.13. The van der Waals surface area contributed by atoms with Crippen molar-refractivity contribution in [2.75, 3.05) is 32.8 Å². The van der Waals surface area contributed by atoms with Crippen LogP contribution in [0.4, 0.5) is 0 Å². The molecule has 0 unspecified atom stereocenters. The molecule has 1 fully saturated rings. The summed E-state index contributed by atoms with van der Waals surface area (Å²) in [7, 11) is 0. The van der Waals surface area contributed by atoms with Crippen LogP contribution in [0.1, 0.15) is 25.3 Å². The van der Waals surface area contributed by atoms with Gasteiger partial charge in [0.2, 0.25) is 11.8 Å². The highest BCUT2D eigenvalue weighted by molar-refractivity contribution is 6.30. The minimum atomic E-state index is -0.130. The molecule has 5 nitrogen and oxygen atoms in total. The van der Waals surface area contributed by atoms with E-state index < -0.39 is 0 Å². The van der Waals surface area contributed by atoms with E-state index in [1.54, 1.807) is 4.90 Å². The van der Waals surface area contributed by atoms with Gasteiger partial charge in [-0.15, -0.1) is 0 Å². The molecular weight excluding hydrogens is 328 g/mol. The Morgan fingerprint density at radius 1 is 1.38 bits per heavy atom. The summed E-state index contributed by atoms with van der Waals surface area (Å²) < 4.78 is 5.22. The number of nitrogens with one attached hydrogen (secondary N) is 1. The molecule has 1 heterocycles. The fraction of sp³-hybridized carbons (Fsp3) is 0.556. The minimum Gasteiger partial charge on any atom is -0.380 e. The Kier molecular flexibility index (Phi) is 7.53. The standard InChI is InChI=1S/C18H25ClN2O3/c1-2-24-12-10-20-18(23)15-5-8-17(22)21(13-15)11-9-14-3-6-16(19)7-4-14/h3-4,6-7,15H,2,5,8-13H2,1H3,(H,20,23)/t15-/m1/s1. The molecule has 0 saturated carbocycles. The zero-order valence-corrected chi connectivity index (χ0v) is 14.8. The summed E-state index contributed by atoms with van der Waals surface area (Å²) in [6.45, 7) is 4.73. The third-order valence-electron chi connectivity index (χ3n) is 4.20. The highest BCUT2D eigenvalue weighted by Crippen LogP contribution is 2.19. The molecule has 0 aliphatic carbocycles. The topological polar surface area (TPSA) is 58.6 Å². The van der Waals surface area contributed by atoms with E-state index in [2.05, 4.69) is 5.32 Å². The molecule has 1 atom stereocenters. The van der Waals surface area contributed by atoms with Crippen LogP contribution in [0.2, 0.25) is 5.02 Å². The Morgan fingerprint density at radius 3 is 2.83 bits per heavy atom. The van der Waals surface area contributed by atoms with Crippen LogP contribution in [0.15, 0.2) is 24.3 Å². The van der Waals surface area contributed by atoms with Crippen molar-refractivity contribution >= 4 is 23.4 Å². The van der Waals surface area contributed by atoms with Gasteiger partial charge in [0.25, 0.3) is 0 Å². The molecular formula is C18H25ClN2O3. The maximum atomic E-state index is 12.2. The van der Waals surface area contributed by atoms with Crippen molar-refractivity contribution in [3.05, 3.63) is 34.9 Å². The van der Waals surface area contributed by atoms with Crippen LogP contribution in [0.5, 0.6) is 0 Å². The SMILES string of the molecule is CCOCCNC(=O)[C@@H]1CCC(=O)N(CCc2ccc(Cl)cc2)C1. The molecule has 24 heavy (non-hydrogen) atoms. The van der Waals surface area contributed by atoms with Crippen LogP contribution in [-0.4, -0.2) is 49.6 Å². The maximum Gasteiger partial charge on any atom is 0.224 e. The first-order valence-corrected chi connectivity index (χ1v) is 8.85. The lowest BCUT2D eigenvalue weighted by Crippen LogP contribution is -2.46. The Bertz CT molecular complexity index is 548. The lowest BCUT2D eigenvalue weighted by Gasteiger charge is -2.32. The van der Waals surface area contributed by atoms with Crippen LogP contribution in [0, 0.1) is 5.92 Å². The van der Waals surface area contributed by atoms with Gasteiger partial charge >= 0.3 is 0 Å². The van der Waals surface area contributed by atoms with Crippen LogP contribution in [0.3, 0.4) is 0 Å². The molecule has 0 bridgehead atoms. The number of ether oxygens (including phenoxy) is 1. The Balaban J connectivity index is 1.80. The molecule has 1 saturated heterocycles. The number of amides is 2. The average Bonchev–Trinajstić information content (AvgIpc) is 2.59. The van der Waals surface area contributed by atoms with Crippen molar-refractivity contribution in [1.29, 1.82) is 0 Å². The van der Waals surface area contributed by atoms with E-state index in [9.17, 15) is 9.59 Å². The lowest BCUT2D eigenvalue weighted by atomic mass is 9.96. The van der Waals surface area contributed by atoms with Gasteiger partial charge in [0, 0.05) is 37.7 Å². The molecule has 132 valence electrons. The summed E-state index contributed by atoms with van der Waals surface area (Å²) in [5.74, 6) is 0.00979. The highest BCUT2D eigenvalue weighted by atomic mass is 35.5. The van der Waals surface area contributed by atoms with E-state index in [4.69, 9.17) is 16.3 Å². The molecule has 2 amide bonds. The zero-order chi connectivity index (χ0) is 17.4. The van der Waals surface area contributed by atoms with Gasteiger partial charge in [-0.1, -0.05) is 23.7 Å². The first-order valence-electron chi connectivity index (χ1n) is 8.47. The second-order valence-corrected chi connectivity index (χ2v) is 6.38. The van der Waals surface area contributed by atoms with Crippen molar-refractivity contribution < 1.29 is 14.3 Å². The monoisotopic (exact) mass is 352 g/mol. The number of carbonyl (C=O) groups excluding carboxylic acids is 2. The minimum absolute atomic E-state index is 0.0127. The summed E-state index contributed by atoms with van der Waals surface area (Å²) in [6.07, 6.45) is 1.82. The number of likely N-dealkylation sites (tertiary alicyclic amines) is 1. The third-order valence-corrected chi connectivity index (χ3v) is 4.46. The fourth-order valence-corrected chi connectivity index (χ4v) is 2.92. The van der Waals surface area contributed by atoms with Gasteiger partial charge in [-0.2, -0.15) is 0 Å². The van der Waals surface area contributed by atoms with Crippen LogP contribution in [0.25, 0.3) is 0 Å². The van der Waals surface area contributed by atoms with Gasteiger partial charge in [0.1, 0.15) is 0 Å². The summed E-state index contributed by atoms with van der Waals surface area (Å²) >= 11 is 5.88. The summed E-state index contributed by atoms with van der Waals surface area (Å²) in [4.78, 5) is 26.1. The number of benzene rings is 1. The van der Waals surface area contributed by atoms with E-state index in [0.717, 1.165) is 12.0 Å². The van der Waals surface area contributed by atoms with Gasteiger partial charge in [-0.05, 0) is 37.5 Å². The van der Waals surface area contributed by atoms with Crippen LogP contribution in [-0.2, 0) is 20.7 Å². The second kappa shape index (κ2) is 9.64. The van der Waals surface area contributed by atoms with Crippen molar-refractivity contribution in [2.45, 2.75) is 26.2 Å². The van der Waals surface area contributed by atoms with E-state index >= 15 is 0 Å². The van der Waals surface area contributed by atoms with E-state index in [1.807, 2.05) is 31.2 Å². The average molecular weight is 353 g/mol. The van der Waals surface area contributed by atoms with Crippen molar-refractivity contribution in [2.24, 2.45) is 5.92 Å². The molecule has 0 spiro atoms. The van der Waals surface area contributed by atoms with Gasteiger partial charge in [0.05, 0.1) is 12.5 Å². The van der Waals surface area contributed by atoms with E-state index in [-0.39, 0.29) is 17.7 Å². The zero-order valence-electron chi connectivity index (χ0n) is 14.1. The molecule has 1 aromatic carbocycles. The number of carbonyl (C=O) groups is 2. The number of hydrogen-bond donors (Lipinski definition) is 1. The lowest BCUT2D eigenvalue weighted by molar-refractivity contribution is -0.138. The summed E-state index contributed by atoms with van der Waals surface area (Å²) in [6, 6.07) is 7.64. The fourth-order valence-electron chi connectivity index (χ4n) is 2.80. The second-order valence-electron chi connectivity index (χ2n) is 5.94. The number of piperidine rings is 1. The van der Waals surface area contributed by atoms with Crippen molar-refractivity contribution in [3.8, 4) is 0 Å². The molecule has 0 radical (unpaired) electrons. The maximum absolute atomic E-state index is 12.2. The van der Waals surface area contributed by atoms with E-state index in [0.29, 0.717) is 50.7 Å². The van der Waals surface area contributed by atoms with Crippen molar-refractivity contribution in [3.63, 3.8) is 0 Å². The van der Waals surface area contributed by atoms with Gasteiger partial charge in [0.15, 0.2) is 0 Å². The molecule has 1 aliphatic heterocycles. The Hall–Kier alpha value is -1.59. The van der Waals surface area contributed by atoms with Crippen LogP contribution >= 0.6 is 11.6 Å². The molecule has 1 aliphatic rings. The largest absolute Gasteiger partial charge is 0.380 e. The number of nitrogens with zero attached hydrogens (tertiary/aromatic N) is 1. The number of rotatable bonds is 8. The predicted molar refractivity (Wildman–Crippen MR) is 94.0 cm³/mol. The molecule has 1 aromatic rings. The molecule has 6 heteroatoms. The number of halogens is 1. The van der Waals surface area contributed by atoms with E-state index in [1.165, 1.54) is 0 Å². The Labute approximate surface area is 148 Å². The van der Waals surface area contributed by atoms with Crippen LogP contribution < -0.4 is 5.32 Å². The first kappa shape index (κ1) is 18.7.